The monoisotopic (exact) mass is 238 g/mol. The highest BCUT2D eigenvalue weighted by Gasteiger charge is 2.54. The summed E-state index contributed by atoms with van der Waals surface area (Å²) in [5, 5.41) is 0. The number of carbonyl (C=O) groups is 1. The highest BCUT2D eigenvalue weighted by atomic mass is 16.6. The molecule has 0 aromatic carbocycles. The lowest BCUT2D eigenvalue weighted by atomic mass is 10.2. The maximum atomic E-state index is 12.0. The van der Waals surface area contributed by atoms with Crippen molar-refractivity contribution in [2.75, 3.05) is 7.05 Å². The van der Waals surface area contributed by atoms with E-state index in [0.29, 0.717) is 5.89 Å². The highest BCUT2D eigenvalue weighted by molar-refractivity contribution is 5.69. The van der Waals surface area contributed by atoms with Gasteiger partial charge < -0.3 is 9.15 Å². The lowest BCUT2D eigenvalue weighted by Gasteiger charge is -2.29. The molecule has 1 aliphatic carbocycles. The van der Waals surface area contributed by atoms with E-state index in [-0.39, 0.29) is 6.09 Å². The molecule has 0 unspecified atom stereocenters. The highest BCUT2D eigenvalue weighted by Crippen LogP contribution is 2.49. The summed E-state index contributed by atoms with van der Waals surface area (Å²) in [6, 6.07) is 0. The van der Waals surface area contributed by atoms with Crippen LogP contribution in [0.3, 0.4) is 0 Å². The number of oxazole rings is 1. The number of amides is 1. The van der Waals surface area contributed by atoms with Gasteiger partial charge in [0.2, 0.25) is 5.89 Å². The Kier molecular flexibility index (Phi) is 2.64. The van der Waals surface area contributed by atoms with Crippen molar-refractivity contribution < 1.29 is 13.9 Å². The Labute approximate surface area is 101 Å². The van der Waals surface area contributed by atoms with Crippen LogP contribution in [0.2, 0.25) is 0 Å². The van der Waals surface area contributed by atoms with Gasteiger partial charge in [0.1, 0.15) is 17.4 Å². The molecule has 1 aliphatic rings. The lowest BCUT2D eigenvalue weighted by Crippen LogP contribution is -2.41. The summed E-state index contributed by atoms with van der Waals surface area (Å²) in [7, 11) is 1.73. The van der Waals surface area contributed by atoms with Crippen LogP contribution in [-0.4, -0.2) is 28.6 Å². The average molecular weight is 238 g/mol. The number of rotatable bonds is 2. The Hall–Kier alpha value is -1.52. The first-order valence-corrected chi connectivity index (χ1v) is 5.72. The summed E-state index contributed by atoms with van der Waals surface area (Å²) >= 11 is 0. The van der Waals surface area contributed by atoms with Gasteiger partial charge in [-0.3, -0.25) is 4.90 Å². The molecule has 1 fully saturated rings. The largest absolute Gasteiger partial charge is 0.446 e. The predicted octanol–water partition coefficient (Wildman–Crippen LogP) is 2.53. The summed E-state index contributed by atoms with van der Waals surface area (Å²) < 4.78 is 10.6. The molecule has 17 heavy (non-hydrogen) atoms. The van der Waals surface area contributed by atoms with E-state index in [0.717, 1.165) is 12.8 Å². The second-order valence-corrected chi connectivity index (χ2v) is 5.41. The summed E-state index contributed by atoms with van der Waals surface area (Å²) in [5.74, 6) is 0.589. The third-order valence-corrected chi connectivity index (χ3v) is 2.86. The van der Waals surface area contributed by atoms with E-state index < -0.39 is 11.1 Å². The van der Waals surface area contributed by atoms with Crippen molar-refractivity contribution in [3.63, 3.8) is 0 Å². The number of carbonyl (C=O) groups excluding carboxylic acids is 1. The van der Waals surface area contributed by atoms with Crippen molar-refractivity contribution >= 4 is 6.09 Å². The third kappa shape index (κ3) is 2.28. The minimum Gasteiger partial charge on any atom is -0.446 e. The molecule has 0 aliphatic heterocycles. The number of nitrogens with zero attached hydrogens (tertiary/aromatic N) is 2. The predicted molar refractivity (Wildman–Crippen MR) is 61.4 cm³/mol. The van der Waals surface area contributed by atoms with Crippen molar-refractivity contribution in [2.24, 2.45) is 0 Å². The van der Waals surface area contributed by atoms with Crippen LogP contribution in [0.1, 0.15) is 39.5 Å². The Bertz CT molecular complexity index is 402. The molecule has 5 nitrogen and oxygen atoms in total. The van der Waals surface area contributed by atoms with Crippen LogP contribution in [0.25, 0.3) is 0 Å². The molecule has 1 amide bonds. The van der Waals surface area contributed by atoms with Crippen LogP contribution < -0.4 is 0 Å². The van der Waals surface area contributed by atoms with Crippen molar-refractivity contribution in [1.29, 1.82) is 0 Å². The topological polar surface area (TPSA) is 55.6 Å². The van der Waals surface area contributed by atoms with Crippen molar-refractivity contribution in [2.45, 2.75) is 44.8 Å². The Morgan fingerprint density at radius 3 is 2.59 bits per heavy atom. The van der Waals surface area contributed by atoms with E-state index in [1.807, 2.05) is 20.8 Å². The molecule has 1 heterocycles. The van der Waals surface area contributed by atoms with Gasteiger partial charge in [-0.15, -0.1) is 0 Å². The van der Waals surface area contributed by atoms with Gasteiger partial charge in [-0.05, 0) is 33.6 Å². The van der Waals surface area contributed by atoms with Gasteiger partial charge in [0.25, 0.3) is 0 Å². The van der Waals surface area contributed by atoms with Crippen LogP contribution >= 0.6 is 0 Å². The summed E-state index contributed by atoms with van der Waals surface area (Å²) in [6.07, 6.45) is 4.51. The van der Waals surface area contributed by atoms with Crippen LogP contribution in [0.5, 0.6) is 0 Å². The Morgan fingerprint density at radius 1 is 1.53 bits per heavy atom. The number of hydrogen-bond acceptors (Lipinski definition) is 4. The molecular weight excluding hydrogens is 220 g/mol. The number of ether oxygens (including phenoxy) is 1. The molecule has 94 valence electrons. The lowest BCUT2D eigenvalue weighted by molar-refractivity contribution is 0.0160. The first-order chi connectivity index (χ1) is 7.85. The van der Waals surface area contributed by atoms with Crippen LogP contribution in [0, 0.1) is 0 Å². The van der Waals surface area contributed by atoms with Gasteiger partial charge in [-0.25, -0.2) is 9.78 Å². The molecule has 1 aromatic heterocycles. The van der Waals surface area contributed by atoms with E-state index in [4.69, 9.17) is 9.15 Å². The fraction of sp³-hybridized carbons (Fsp3) is 0.667. The zero-order chi connectivity index (χ0) is 12.7. The zero-order valence-electron chi connectivity index (χ0n) is 10.7. The molecule has 0 spiro atoms. The van der Waals surface area contributed by atoms with E-state index >= 15 is 0 Å². The van der Waals surface area contributed by atoms with Crippen molar-refractivity contribution in [3.8, 4) is 0 Å². The second-order valence-electron chi connectivity index (χ2n) is 5.41. The minimum atomic E-state index is -0.488. The molecule has 5 heteroatoms. The number of aromatic nitrogens is 1. The molecule has 0 bridgehead atoms. The molecular formula is C12H18N2O3. The second kappa shape index (κ2) is 3.75. The zero-order valence-corrected chi connectivity index (χ0v) is 10.7. The van der Waals surface area contributed by atoms with Gasteiger partial charge in [-0.1, -0.05) is 0 Å². The fourth-order valence-corrected chi connectivity index (χ4v) is 1.77. The first kappa shape index (κ1) is 12.0. The summed E-state index contributed by atoms with van der Waals surface area (Å²) in [6.45, 7) is 5.55. The van der Waals surface area contributed by atoms with E-state index in [2.05, 4.69) is 4.98 Å². The molecule has 1 aromatic rings. The Balaban J connectivity index is 2.11. The van der Waals surface area contributed by atoms with Crippen LogP contribution in [0.15, 0.2) is 16.9 Å². The van der Waals surface area contributed by atoms with Crippen LogP contribution in [-0.2, 0) is 10.3 Å². The molecule has 0 atom stereocenters. The SMILES string of the molecule is CN(C(=O)OC(C)(C)C)C1(c2ncco2)CC1. The van der Waals surface area contributed by atoms with Crippen molar-refractivity contribution in [3.05, 3.63) is 18.4 Å². The average Bonchev–Trinajstić information content (AvgIpc) is 2.82. The van der Waals surface area contributed by atoms with Gasteiger partial charge in [0, 0.05) is 7.05 Å². The normalized spacial score (nSPS) is 17.6. The standard InChI is InChI=1S/C12H18N2O3/c1-11(2,3)17-10(15)14(4)12(5-6-12)9-13-7-8-16-9/h7-8H,5-6H2,1-4H3. The first-order valence-electron chi connectivity index (χ1n) is 5.72. The maximum absolute atomic E-state index is 12.0. The van der Waals surface area contributed by atoms with Crippen molar-refractivity contribution in [1.82, 2.24) is 9.88 Å². The molecule has 1 saturated carbocycles. The van der Waals surface area contributed by atoms with E-state index in [9.17, 15) is 4.79 Å². The fourth-order valence-electron chi connectivity index (χ4n) is 1.77. The van der Waals surface area contributed by atoms with Gasteiger partial charge >= 0.3 is 6.09 Å². The maximum Gasteiger partial charge on any atom is 0.410 e. The van der Waals surface area contributed by atoms with E-state index in [1.165, 1.54) is 6.26 Å². The van der Waals surface area contributed by atoms with Gasteiger partial charge in [-0.2, -0.15) is 0 Å². The Morgan fingerprint density at radius 2 is 2.18 bits per heavy atom. The molecule has 0 N–H and O–H groups in total. The van der Waals surface area contributed by atoms with E-state index in [1.54, 1.807) is 18.1 Å². The quantitative estimate of drug-likeness (QED) is 0.794. The minimum absolute atomic E-state index is 0.340. The molecule has 0 radical (unpaired) electrons. The van der Waals surface area contributed by atoms with Gasteiger partial charge in [0.15, 0.2) is 0 Å². The third-order valence-electron chi connectivity index (χ3n) is 2.86. The summed E-state index contributed by atoms with van der Waals surface area (Å²) in [5.41, 5.74) is -0.885. The number of hydrogen-bond donors (Lipinski definition) is 0. The van der Waals surface area contributed by atoms with Gasteiger partial charge in [0.05, 0.1) is 6.20 Å². The molecule has 2 rings (SSSR count). The molecule has 0 saturated heterocycles. The summed E-state index contributed by atoms with van der Waals surface area (Å²) in [4.78, 5) is 17.7. The smallest absolute Gasteiger partial charge is 0.410 e. The van der Waals surface area contributed by atoms with Crippen LogP contribution in [0.4, 0.5) is 4.79 Å².